The molecule has 0 radical (unpaired) electrons. The number of hydrogen-bond acceptors (Lipinski definition) is 4. The molecule has 1 fully saturated rings. The standard InChI is InChI=1S/C8H15N.C6H9NO.C3H3N/c1-2-6-9-7-4-3-5-8-9;1-6(5-8)3-2-4-7;1-2-3-4/h2,6H,3-5,7-8H2,1H3;5-6H,2-3H2,1H3;2H,1H2/b6-2+;;. The van der Waals surface area contributed by atoms with Crippen LogP contribution in [0.4, 0.5) is 0 Å². The summed E-state index contributed by atoms with van der Waals surface area (Å²) in [6.45, 7) is 9.54. The topological polar surface area (TPSA) is 67.9 Å². The van der Waals surface area contributed by atoms with Crippen LogP contribution in [0.15, 0.2) is 24.9 Å². The van der Waals surface area contributed by atoms with Crippen LogP contribution in [0.5, 0.6) is 0 Å². The van der Waals surface area contributed by atoms with E-state index < -0.39 is 0 Å². The Balaban J connectivity index is 0. The summed E-state index contributed by atoms with van der Waals surface area (Å²) in [5.74, 6) is 0.0506. The van der Waals surface area contributed by atoms with Crippen LogP contribution < -0.4 is 0 Å². The first kappa shape index (κ1) is 21.2. The van der Waals surface area contributed by atoms with Crippen molar-refractivity contribution >= 4 is 6.29 Å². The van der Waals surface area contributed by atoms with Crippen molar-refractivity contribution in [3.05, 3.63) is 24.9 Å². The Bertz CT molecular complexity index is 357. The largest absolute Gasteiger partial charge is 0.378 e. The molecule has 0 aromatic heterocycles. The van der Waals surface area contributed by atoms with Crippen LogP contribution >= 0.6 is 0 Å². The highest BCUT2D eigenvalue weighted by Gasteiger charge is 2.03. The van der Waals surface area contributed by atoms with Crippen molar-refractivity contribution in [1.29, 1.82) is 10.5 Å². The molecule has 4 heteroatoms. The molecular formula is C17H27N3O. The van der Waals surface area contributed by atoms with Gasteiger partial charge in [0.15, 0.2) is 0 Å². The average molecular weight is 289 g/mol. The van der Waals surface area contributed by atoms with Gasteiger partial charge in [0.05, 0.1) is 12.1 Å². The summed E-state index contributed by atoms with van der Waals surface area (Å²) in [6, 6.07) is 3.67. The molecule has 0 bridgehead atoms. The van der Waals surface area contributed by atoms with Gasteiger partial charge in [0, 0.05) is 31.5 Å². The Morgan fingerprint density at radius 2 is 1.86 bits per heavy atom. The van der Waals surface area contributed by atoms with E-state index in [0.29, 0.717) is 12.8 Å². The van der Waals surface area contributed by atoms with E-state index in [2.05, 4.69) is 30.7 Å². The highest BCUT2D eigenvalue weighted by atomic mass is 16.1. The van der Waals surface area contributed by atoms with Crippen molar-refractivity contribution in [3.63, 3.8) is 0 Å². The van der Waals surface area contributed by atoms with Crippen LogP contribution in [-0.4, -0.2) is 24.3 Å². The van der Waals surface area contributed by atoms with Gasteiger partial charge in [-0.15, -0.1) is 0 Å². The van der Waals surface area contributed by atoms with Gasteiger partial charge in [-0.2, -0.15) is 10.5 Å². The van der Waals surface area contributed by atoms with Crippen molar-refractivity contribution in [2.45, 2.75) is 46.0 Å². The number of nitrogens with zero attached hydrogens (tertiary/aromatic N) is 3. The number of carbonyl (C=O) groups excluding carboxylic acids is 1. The Morgan fingerprint density at radius 1 is 1.29 bits per heavy atom. The Hall–Kier alpha value is -2.07. The van der Waals surface area contributed by atoms with E-state index in [0.717, 1.165) is 6.29 Å². The first-order valence-electron chi connectivity index (χ1n) is 7.35. The van der Waals surface area contributed by atoms with Crippen molar-refractivity contribution < 1.29 is 4.79 Å². The Morgan fingerprint density at radius 3 is 2.24 bits per heavy atom. The van der Waals surface area contributed by atoms with E-state index in [1.807, 2.05) is 13.0 Å². The third-order valence-corrected chi connectivity index (χ3v) is 2.79. The van der Waals surface area contributed by atoms with Crippen molar-refractivity contribution in [1.82, 2.24) is 4.90 Å². The van der Waals surface area contributed by atoms with Crippen LogP contribution in [0, 0.1) is 28.6 Å². The van der Waals surface area contributed by atoms with Crippen molar-refractivity contribution in [2.24, 2.45) is 5.92 Å². The fourth-order valence-electron chi connectivity index (χ4n) is 1.64. The van der Waals surface area contributed by atoms with E-state index in [4.69, 9.17) is 10.5 Å². The first-order valence-corrected chi connectivity index (χ1v) is 7.35. The number of rotatable bonds is 4. The molecule has 1 heterocycles. The zero-order chi connectivity index (χ0) is 16.3. The monoisotopic (exact) mass is 289 g/mol. The summed E-state index contributed by atoms with van der Waals surface area (Å²) in [4.78, 5) is 12.3. The zero-order valence-corrected chi connectivity index (χ0v) is 13.3. The number of aldehydes is 1. The van der Waals surface area contributed by atoms with E-state index >= 15 is 0 Å². The van der Waals surface area contributed by atoms with Gasteiger partial charge < -0.3 is 9.69 Å². The normalized spacial score (nSPS) is 14.4. The summed E-state index contributed by atoms with van der Waals surface area (Å²) in [5.41, 5.74) is 0. The minimum Gasteiger partial charge on any atom is -0.378 e. The molecule has 1 rings (SSSR count). The van der Waals surface area contributed by atoms with Gasteiger partial charge in [-0.05, 0) is 38.8 Å². The molecule has 0 aromatic rings. The smallest absolute Gasteiger partial charge is 0.122 e. The van der Waals surface area contributed by atoms with Gasteiger partial charge >= 0.3 is 0 Å². The lowest BCUT2D eigenvalue weighted by atomic mass is 10.1. The Labute approximate surface area is 129 Å². The molecule has 4 nitrogen and oxygen atoms in total. The summed E-state index contributed by atoms with van der Waals surface area (Å²) in [6.07, 6.45) is 11.7. The lowest BCUT2D eigenvalue weighted by molar-refractivity contribution is -0.110. The second kappa shape index (κ2) is 17.9. The van der Waals surface area contributed by atoms with Crippen molar-refractivity contribution in [2.75, 3.05) is 13.1 Å². The van der Waals surface area contributed by atoms with E-state index in [9.17, 15) is 4.79 Å². The fourth-order valence-corrected chi connectivity index (χ4v) is 1.64. The van der Waals surface area contributed by atoms with Crippen LogP contribution in [-0.2, 0) is 4.79 Å². The number of piperidine rings is 1. The molecular weight excluding hydrogens is 262 g/mol. The van der Waals surface area contributed by atoms with E-state index in [1.54, 1.807) is 6.07 Å². The molecule has 0 aliphatic carbocycles. The molecule has 1 unspecified atom stereocenters. The number of allylic oxidation sites excluding steroid dienone is 2. The molecule has 0 saturated carbocycles. The van der Waals surface area contributed by atoms with Gasteiger partial charge in [0.1, 0.15) is 6.29 Å². The third kappa shape index (κ3) is 17.9. The summed E-state index contributed by atoms with van der Waals surface area (Å²) in [7, 11) is 0. The molecule has 1 aliphatic heterocycles. The second-order valence-electron chi connectivity index (χ2n) is 4.72. The highest BCUT2D eigenvalue weighted by molar-refractivity contribution is 5.52. The molecule has 0 aromatic carbocycles. The first-order chi connectivity index (χ1) is 10.2. The molecule has 1 aliphatic rings. The Kier molecular flexibility index (Phi) is 18.1. The minimum absolute atomic E-state index is 0.0506. The van der Waals surface area contributed by atoms with Crippen LogP contribution in [0.2, 0.25) is 0 Å². The minimum atomic E-state index is 0.0506. The molecule has 1 saturated heterocycles. The molecule has 21 heavy (non-hydrogen) atoms. The SMILES string of the molecule is C/C=C/N1CCCCC1.C=CC#N.CC(C=O)CCC#N. The molecule has 116 valence electrons. The number of carbonyl (C=O) groups is 1. The third-order valence-electron chi connectivity index (χ3n) is 2.79. The maximum atomic E-state index is 9.90. The summed E-state index contributed by atoms with van der Waals surface area (Å²) < 4.78 is 0. The maximum absolute atomic E-state index is 9.90. The van der Waals surface area contributed by atoms with Crippen LogP contribution in [0.25, 0.3) is 0 Å². The van der Waals surface area contributed by atoms with Crippen LogP contribution in [0.1, 0.15) is 46.0 Å². The van der Waals surface area contributed by atoms with Gasteiger partial charge in [0.25, 0.3) is 0 Å². The van der Waals surface area contributed by atoms with E-state index in [1.165, 1.54) is 38.4 Å². The second-order valence-corrected chi connectivity index (χ2v) is 4.72. The predicted octanol–water partition coefficient (Wildman–Crippen LogP) is 3.83. The van der Waals surface area contributed by atoms with Gasteiger partial charge in [0.2, 0.25) is 0 Å². The number of likely N-dealkylation sites (tertiary alicyclic amines) is 1. The summed E-state index contributed by atoms with van der Waals surface area (Å²) in [5, 5.41) is 15.6. The molecule has 0 N–H and O–H groups in total. The quantitative estimate of drug-likeness (QED) is 0.582. The lowest BCUT2D eigenvalue weighted by Gasteiger charge is -2.24. The maximum Gasteiger partial charge on any atom is 0.122 e. The molecule has 0 spiro atoms. The highest BCUT2D eigenvalue weighted by Crippen LogP contribution is 2.07. The average Bonchev–Trinajstić information content (AvgIpc) is 2.54. The molecule has 1 atom stereocenters. The zero-order valence-electron chi connectivity index (χ0n) is 13.3. The van der Waals surface area contributed by atoms with Crippen molar-refractivity contribution in [3.8, 4) is 12.1 Å². The molecule has 0 amide bonds. The number of hydrogen-bond donors (Lipinski definition) is 0. The fraction of sp³-hybridized carbons (Fsp3) is 0.588. The predicted molar refractivity (Wildman–Crippen MR) is 86.1 cm³/mol. The van der Waals surface area contributed by atoms with Gasteiger partial charge in [-0.1, -0.05) is 19.6 Å². The van der Waals surface area contributed by atoms with Gasteiger partial charge in [-0.25, -0.2) is 0 Å². The van der Waals surface area contributed by atoms with Gasteiger partial charge in [-0.3, -0.25) is 0 Å². The lowest BCUT2D eigenvalue weighted by Crippen LogP contribution is -2.23. The van der Waals surface area contributed by atoms with E-state index in [-0.39, 0.29) is 5.92 Å². The summed E-state index contributed by atoms with van der Waals surface area (Å²) >= 11 is 0. The van der Waals surface area contributed by atoms with Crippen LogP contribution in [0.3, 0.4) is 0 Å². The number of nitriles is 2.